The Hall–Kier alpha value is -4.17. The molecule has 2 N–H and O–H groups in total. The van der Waals surface area contributed by atoms with E-state index in [-0.39, 0.29) is 5.56 Å². The van der Waals surface area contributed by atoms with Crippen molar-refractivity contribution in [2.75, 3.05) is 0 Å². The van der Waals surface area contributed by atoms with Crippen molar-refractivity contribution in [2.45, 2.75) is 13.5 Å². The van der Waals surface area contributed by atoms with Crippen molar-refractivity contribution >= 4 is 40.3 Å². The minimum atomic E-state index is -0.759. The van der Waals surface area contributed by atoms with Gasteiger partial charge in [-0.15, -0.1) is 0 Å². The Morgan fingerprint density at radius 2 is 1.88 bits per heavy atom. The van der Waals surface area contributed by atoms with Crippen LogP contribution >= 0.6 is 11.6 Å². The van der Waals surface area contributed by atoms with Gasteiger partial charge in [-0.25, -0.2) is 5.43 Å². The Bertz CT molecular complexity index is 1410. The van der Waals surface area contributed by atoms with Crippen molar-refractivity contribution in [3.8, 4) is 5.75 Å². The molecule has 3 aromatic carbocycles. The van der Waals surface area contributed by atoms with Crippen LogP contribution in [0.1, 0.15) is 27.2 Å². The van der Waals surface area contributed by atoms with Crippen molar-refractivity contribution in [1.29, 1.82) is 0 Å². The van der Waals surface area contributed by atoms with E-state index < -0.39 is 22.3 Å². The largest absolute Gasteiger partial charge is 0.502 e. The van der Waals surface area contributed by atoms with E-state index in [4.69, 9.17) is 11.6 Å². The Labute approximate surface area is 193 Å². The molecule has 0 unspecified atom stereocenters. The van der Waals surface area contributed by atoms with Crippen LogP contribution in [0.3, 0.4) is 0 Å². The van der Waals surface area contributed by atoms with Crippen LogP contribution in [0.5, 0.6) is 5.75 Å². The number of aromatic nitrogens is 1. The molecule has 0 aliphatic carbocycles. The number of nitrogens with zero attached hydrogens (tertiary/aromatic N) is 3. The number of rotatable bonds is 6. The van der Waals surface area contributed by atoms with Gasteiger partial charge in [0.15, 0.2) is 0 Å². The van der Waals surface area contributed by atoms with Gasteiger partial charge < -0.3 is 9.67 Å². The van der Waals surface area contributed by atoms with Gasteiger partial charge in [-0.3, -0.25) is 14.9 Å². The van der Waals surface area contributed by atoms with Crippen molar-refractivity contribution in [2.24, 2.45) is 5.10 Å². The maximum atomic E-state index is 12.4. The summed E-state index contributed by atoms with van der Waals surface area (Å²) >= 11 is 6.35. The second-order valence-electron chi connectivity index (χ2n) is 7.32. The summed E-state index contributed by atoms with van der Waals surface area (Å²) in [4.78, 5) is 22.7. The molecule has 0 spiro atoms. The molecule has 0 fully saturated rings. The number of benzene rings is 3. The van der Waals surface area contributed by atoms with E-state index in [0.717, 1.165) is 33.8 Å². The molecule has 0 atom stereocenters. The number of hydrogen-bond acceptors (Lipinski definition) is 5. The Balaban J connectivity index is 1.64. The van der Waals surface area contributed by atoms with Crippen molar-refractivity contribution in [3.05, 3.63) is 104 Å². The highest BCUT2D eigenvalue weighted by Crippen LogP contribution is 2.29. The molecule has 1 aromatic heterocycles. The molecule has 33 heavy (non-hydrogen) atoms. The van der Waals surface area contributed by atoms with E-state index in [1.807, 2.05) is 55.5 Å². The van der Waals surface area contributed by atoms with Crippen molar-refractivity contribution in [1.82, 2.24) is 9.99 Å². The van der Waals surface area contributed by atoms with E-state index in [0.29, 0.717) is 11.6 Å². The zero-order chi connectivity index (χ0) is 23.5. The second-order valence-corrected chi connectivity index (χ2v) is 7.73. The number of nitro groups is 1. The molecule has 0 aliphatic heterocycles. The van der Waals surface area contributed by atoms with Crippen LogP contribution in [0.2, 0.25) is 5.02 Å². The topological polar surface area (TPSA) is 110 Å². The molecule has 166 valence electrons. The highest BCUT2D eigenvalue weighted by Gasteiger charge is 2.21. The summed E-state index contributed by atoms with van der Waals surface area (Å²) in [7, 11) is 0. The first-order valence-corrected chi connectivity index (χ1v) is 10.4. The summed E-state index contributed by atoms with van der Waals surface area (Å²) in [5.74, 6) is -1.47. The third-order valence-corrected chi connectivity index (χ3v) is 5.75. The average Bonchev–Trinajstić information content (AvgIpc) is 3.06. The third kappa shape index (κ3) is 4.28. The lowest BCUT2D eigenvalue weighted by molar-refractivity contribution is -0.385. The van der Waals surface area contributed by atoms with Crippen LogP contribution < -0.4 is 5.43 Å². The van der Waals surface area contributed by atoms with Gasteiger partial charge in [0.2, 0.25) is 5.75 Å². The predicted molar refractivity (Wildman–Crippen MR) is 127 cm³/mol. The first-order chi connectivity index (χ1) is 15.9. The molecule has 8 nitrogen and oxygen atoms in total. The van der Waals surface area contributed by atoms with E-state index in [1.165, 1.54) is 18.3 Å². The number of halogens is 1. The predicted octanol–water partition coefficient (Wildman–Crippen LogP) is 5.03. The monoisotopic (exact) mass is 462 g/mol. The van der Waals surface area contributed by atoms with Crippen LogP contribution in [0, 0.1) is 17.0 Å². The number of hydrazone groups is 1. The number of aromatic hydroxyl groups is 1. The maximum Gasteiger partial charge on any atom is 0.311 e. The summed E-state index contributed by atoms with van der Waals surface area (Å²) in [6, 6.07) is 19.2. The molecule has 4 rings (SSSR count). The number of nitro benzene ring substituents is 1. The van der Waals surface area contributed by atoms with Crippen LogP contribution in [0.15, 0.2) is 71.8 Å². The summed E-state index contributed by atoms with van der Waals surface area (Å²) < 4.78 is 2.12. The minimum Gasteiger partial charge on any atom is -0.502 e. The Morgan fingerprint density at radius 3 is 2.64 bits per heavy atom. The summed E-state index contributed by atoms with van der Waals surface area (Å²) in [5.41, 5.74) is 5.23. The number of phenols is 1. The summed E-state index contributed by atoms with van der Waals surface area (Å²) in [5, 5.41) is 26.7. The van der Waals surface area contributed by atoms with Gasteiger partial charge in [-0.05, 0) is 30.7 Å². The molecular formula is C24H19ClN4O4. The SMILES string of the molecule is Cc1c(/C=N\NC(=O)c2cccc([N+](=O)[O-])c2O)c2ccccc2n1Cc1ccccc1Cl. The molecule has 9 heteroatoms. The van der Waals surface area contributed by atoms with Crippen LogP contribution in [-0.2, 0) is 6.54 Å². The number of carbonyl (C=O) groups excluding carboxylic acids is 1. The number of hydrogen-bond donors (Lipinski definition) is 2. The first kappa shape index (κ1) is 22.0. The van der Waals surface area contributed by atoms with E-state index in [9.17, 15) is 20.0 Å². The molecule has 1 heterocycles. The number of carbonyl (C=O) groups is 1. The average molecular weight is 463 g/mol. The van der Waals surface area contributed by atoms with Crippen LogP contribution in [0.4, 0.5) is 5.69 Å². The molecule has 0 radical (unpaired) electrons. The van der Waals surface area contributed by atoms with E-state index in [2.05, 4.69) is 15.1 Å². The van der Waals surface area contributed by atoms with Crippen molar-refractivity contribution < 1.29 is 14.8 Å². The fourth-order valence-corrected chi connectivity index (χ4v) is 3.89. The summed E-state index contributed by atoms with van der Waals surface area (Å²) in [6.45, 7) is 2.51. The third-order valence-electron chi connectivity index (χ3n) is 5.38. The molecular weight excluding hydrogens is 444 g/mol. The molecule has 4 aromatic rings. The fraction of sp³-hybridized carbons (Fsp3) is 0.0833. The van der Waals surface area contributed by atoms with Gasteiger partial charge in [0.05, 0.1) is 16.7 Å². The maximum absolute atomic E-state index is 12.4. The number of phenolic OH excluding ortho intramolecular Hbond substituents is 1. The smallest absolute Gasteiger partial charge is 0.311 e. The van der Waals surface area contributed by atoms with Crippen molar-refractivity contribution in [3.63, 3.8) is 0 Å². The number of amides is 1. The first-order valence-electron chi connectivity index (χ1n) is 9.99. The number of nitrogens with one attached hydrogen (secondary N) is 1. The molecule has 0 saturated heterocycles. The Morgan fingerprint density at radius 1 is 1.15 bits per heavy atom. The summed E-state index contributed by atoms with van der Waals surface area (Å²) in [6.07, 6.45) is 1.52. The standard InChI is InChI=1S/C24H19ClN4O4/c1-15-19(13-26-27-24(31)18-9-6-12-22(23(18)30)29(32)33)17-8-3-5-11-21(17)28(15)14-16-7-2-4-10-20(16)25/h2-13,30H,14H2,1H3,(H,27,31)/b26-13-. The number of para-hydroxylation sites is 2. The fourth-order valence-electron chi connectivity index (χ4n) is 3.70. The van der Waals surface area contributed by atoms with Gasteiger partial charge in [0.25, 0.3) is 5.91 Å². The highest BCUT2D eigenvalue weighted by molar-refractivity contribution is 6.31. The number of fused-ring (bicyclic) bond motifs is 1. The normalized spacial score (nSPS) is 11.2. The highest BCUT2D eigenvalue weighted by atomic mass is 35.5. The molecule has 1 amide bonds. The lowest BCUT2D eigenvalue weighted by Gasteiger charge is -2.10. The minimum absolute atomic E-state index is 0.237. The van der Waals surface area contributed by atoms with Crippen LogP contribution in [-0.4, -0.2) is 26.7 Å². The van der Waals surface area contributed by atoms with Gasteiger partial charge >= 0.3 is 5.69 Å². The lowest BCUT2D eigenvalue weighted by atomic mass is 10.1. The second kappa shape index (κ2) is 9.13. The van der Waals surface area contributed by atoms with Gasteiger partial charge in [0.1, 0.15) is 0 Å². The van der Waals surface area contributed by atoms with Gasteiger partial charge in [-0.2, -0.15) is 5.10 Å². The molecule has 0 saturated carbocycles. The van der Waals surface area contributed by atoms with Gasteiger partial charge in [0, 0.05) is 39.8 Å². The molecule has 0 aliphatic rings. The molecule has 0 bridgehead atoms. The van der Waals surface area contributed by atoms with E-state index >= 15 is 0 Å². The zero-order valence-electron chi connectivity index (χ0n) is 17.5. The van der Waals surface area contributed by atoms with E-state index in [1.54, 1.807) is 0 Å². The zero-order valence-corrected chi connectivity index (χ0v) is 18.3. The Kier molecular flexibility index (Phi) is 6.10. The van der Waals surface area contributed by atoms with Crippen LogP contribution in [0.25, 0.3) is 10.9 Å². The lowest BCUT2D eigenvalue weighted by Crippen LogP contribution is -2.18. The van der Waals surface area contributed by atoms with Gasteiger partial charge in [-0.1, -0.05) is 54.1 Å². The quantitative estimate of drug-likeness (QED) is 0.238.